The van der Waals surface area contributed by atoms with Gasteiger partial charge in [-0.3, -0.25) is 0 Å². The lowest BCUT2D eigenvalue weighted by Crippen LogP contribution is -2.45. The van der Waals surface area contributed by atoms with E-state index in [2.05, 4.69) is 20.7 Å². The van der Waals surface area contributed by atoms with Gasteiger partial charge in [0.25, 0.3) is 0 Å². The fraction of sp³-hybridized carbons (Fsp3) is 0.346. The van der Waals surface area contributed by atoms with Crippen LogP contribution in [0.4, 0.5) is 0 Å². The third-order valence-corrected chi connectivity index (χ3v) is 8.05. The monoisotopic (exact) mass is 479 g/mol. The summed E-state index contributed by atoms with van der Waals surface area (Å²) in [6.45, 7) is 5.00. The molecule has 0 aliphatic carbocycles. The molecule has 8 heteroatoms. The predicted octanol–water partition coefficient (Wildman–Crippen LogP) is 4.37. The summed E-state index contributed by atoms with van der Waals surface area (Å²) in [4.78, 5) is 6.91. The second-order valence-corrected chi connectivity index (χ2v) is 10.3. The zero-order valence-corrected chi connectivity index (χ0v) is 20.1. The topological polar surface area (TPSA) is 84.7 Å². The van der Waals surface area contributed by atoms with Crippen LogP contribution in [0.25, 0.3) is 21.7 Å². The van der Waals surface area contributed by atoms with E-state index in [1.165, 1.54) is 10.9 Å². The highest BCUT2D eigenvalue weighted by atomic mass is 32.2. The Morgan fingerprint density at radius 2 is 1.85 bits per heavy atom. The number of piperidine rings is 1. The van der Waals surface area contributed by atoms with E-state index in [9.17, 15) is 8.42 Å². The van der Waals surface area contributed by atoms with Crippen molar-refractivity contribution >= 4 is 31.8 Å². The zero-order chi connectivity index (χ0) is 23.5. The highest BCUT2D eigenvalue weighted by Crippen LogP contribution is 2.29. The van der Waals surface area contributed by atoms with E-state index < -0.39 is 10.0 Å². The summed E-state index contributed by atoms with van der Waals surface area (Å²) in [6, 6.07) is 15.0. The van der Waals surface area contributed by atoms with E-state index in [1.54, 1.807) is 24.4 Å². The second-order valence-electron chi connectivity index (χ2n) is 8.64. The van der Waals surface area contributed by atoms with Gasteiger partial charge in [-0.25, -0.2) is 18.1 Å². The maximum Gasteiger partial charge on any atom is 0.241 e. The van der Waals surface area contributed by atoms with Gasteiger partial charge >= 0.3 is 0 Å². The molecule has 0 saturated carbocycles. The molecule has 7 nitrogen and oxygen atoms in total. The molecule has 2 aromatic heterocycles. The first-order valence-electron chi connectivity index (χ1n) is 11.8. The van der Waals surface area contributed by atoms with Gasteiger partial charge in [-0.1, -0.05) is 24.3 Å². The van der Waals surface area contributed by atoms with Crippen LogP contribution in [0.15, 0.2) is 70.3 Å². The van der Waals surface area contributed by atoms with E-state index in [-0.39, 0.29) is 10.9 Å². The largest absolute Gasteiger partial charge is 0.478 e. The predicted molar refractivity (Wildman–Crippen MR) is 133 cm³/mol. The van der Waals surface area contributed by atoms with Gasteiger partial charge in [-0.05, 0) is 69.1 Å². The van der Waals surface area contributed by atoms with Crippen LogP contribution in [0.5, 0.6) is 5.88 Å². The lowest BCUT2D eigenvalue weighted by atomic mass is 10.0. The molecule has 1 N–H and O–H groups in total. The minimum Gasteiger partial charge on any atom is -0.478 e. The number of nitrogens with zero attached hydrogens (tertiary/aromatic N) is 2. The molecule has 0 unspecified atom stereocenters. The fourth-order valence-corrected chi connectivity index (χ4v) is 6.23. The summed E-state index contributed by atoms with van der Waals surface area (Å²) in [5.41, 5.74) is 2.14. The highest BCUT2D eigenvalue weighted by Gasteiger charge is 2.26. The van der Waals surface area contributed by atoms with E-state index in [4.69, 9.17) is 9.15 Å². The molecule has 2 aromatic carbocycles. The standard InChI is InChI=1S/C26H29N3O4S/c1-2-32-26-23-7-5-9-25(22(23)10-14-27-26)34(30,31)28-20-12-16-29(17-13-20)15-11-19-18-33-24-8-4-3-6-21(19)24/h3-10,14,18,20,28H,2,11-13,15-17H2,1H3. The van der Waals surface area contributed by atoms with Crippen LogP contribution in [-0.2, 0) is 16.4 Å². The van der Waals surface area contributed by atoms with Crippen LogP contribution in [0.1, 0.15) is 25.3 Å². The number of aromatic nitrogens is 1. The maximum absolute atomic E-state index is 13.3. The van der Waals surface area contributed by atoms with Crippen molar-refractivity contribution in [2.75, 3.05) is 26.2 Å². The molecule has 4 aromatic rings. The van der Waals surface area contributed by atoms with E-state index in [1.807, 2.05) is 37.5 Å². The molecule has 3 heterocycles. The number of sulfonamides is 1. The van der Waals surface area contributed by atoms with Crippen LogP contribution < -0.4 is 9.46 Å². The summed E-state index contributed by atoms with van der Waals surface area (Å²) >= 11 is 0. The van der Waals surface area contributed by atoms with Gasteiger partial charge < -0.3 is 14.1 Å². The van der Waals surface area contributed by atoms with Crippen molar-refractivity contribution in [3.05, 3.63) is 66.6 Å². The number of likely N-dealkylation sites (tertiary alicyclic amines) is 1. The van der Waals surface area contributed by atoms with E-state index in [0.29, 0.717) is 23.3 Å². The Hall–Kier alpha value is -2.94. The molecule has 5 rings (SSSR count). The summed E-state index contributed by atoms with van der Waals surface area (Å²) < 4.78 is 40.7. The van der Waals surface area contributed by atoms with Crippen molar-refractivity contribution in [3.8, 4) is 5.88 Å². The molecule has 1 aliphatic rings. The second kappa shape index (κ2) is 9.74. The summed E-state index contributed by atoms with van der Waals surface area (Å²) in [5.74, 6) is 0.454. The average Bonchev–Trinajstić information content (AvgIpc) is 3.27. The zero-order valence-electron chi connectivity index (χ0n) is 19.2. The van der Waals surface area contributed by atoms with Crippen LogP contribution in [0.2, 0.25) is 0 Å². The number of nitrogens with one attached hydrogen (secondary N) is 1. The molecule has 0 amide bonds. The van der Waals surface area contributed by atoms with Gasteiger partial charge in [0.05, 0.1) is 17.8 Å². The van der Waals surface area contributed by atoms with Crippen molar-refractivity contribution in [1.29, 1.82) is 0 Å². The third-order valence-electron chi connectivity index (χ3n) is 6.47. The molecule has 0 radical (unpaired) electrons. The molecule has 0 bridgehead atoms. The number of hydrogen-bond donors (Lipinski definition) is 1. The number of ether oxygens (including phenoxy) is 1. The van der Waals surface area contributed by atoms with Crippen molar-refractivity contribution in [2.24, 2.45) is 0 Å². The molecule has 0 atom stereocenters. The first kappa shape index (κ1) is 22.8. The number of pyridine rings is 1. The van der Waals surface area contributed by atoms with Gasteiger partial charge in [0, 0.05) is 34.9 Å². The molecule has 178 valence electrons. The summed E-state index contributed by atoms with van der Waals surface area (Å²) in [6.07, 6.45) is 5.92. The number of furan rings is 1. The van der Waals surface area contributed by atoms with E-state index in [0.717, 1.165) is 44.5 Å². The molecule has 1 saturated heterocycles. The molecule has 34 heavy (non-hydrogen) atoms. The Bertz CT molecular complexity index is 1390. The number of benzene rings is 2. The van der Waals surface area contributed by atoms with Gasteiger partial charge in [0.2, 0.25) is 15.9 Å². The fourth-order valence-electron chi connectivity index (χ4n) is 4.70. The Labute approximate surface area is 199 Å². The first-order valence-corrected chi connectivity index (χ1v) is 13.2. The van der Waals surface area contributed by atoms with Crippen LogP contribution in [0.3, 0.4) is 0 Å². The molecule has 0 spiro atoms. The van der Waals surface area contributed by atoms with Crippen LogP contribution in [-0.4, -0.2) is 50.6 Å². The molecular weight excluding hydrogens is 450 g/mol. The minimum atomic E-state index is -3.67. The number of hydrogen-bond acceptors (Lipinski definition) is 6. The van der Waals surface area contributed by atoms with Crippen LogP contribution >= 0.6 is 0 Å². The maximum atomic E-state index is 13.3. The van der Waals surface area contributed by atoms with Crippen molar-refractivity contribution in [1.82, 2.24) is 14.6 Å². The molecule has 1 fully saturated rings. The lowest BCUT2D eigenvalue weighted by Gasteiger charge is -2.32. The third kappa shape index (κ3) is 4.66. The van der Waals surface area contributed by atoms with Gasteiger partial charge in [-0.2, -0.15) is 0 Å². The Morgan fingerprint density at radius 3 is 2.68 bits per heavy atom. The first-order chi connectivity index (χ1) is 16.5. The normalized spacial score (nSPS) is 15.8. The number of fused-ring (bicyclic) bond motifs is 2. The van der Waals surface area contributed by atoms with Crippen molar-refractivity contribution in [3.63, 3.8) is 0 Å². The average molecular weight is 480 g/mol. The molecular formula is C26H29N3O4S. The lowest BCUT2D eigenvalue weighted by molar-refractivity contribution is 0.209. The quantitative estimate of drug-likeness (QED) is 0.404. The Kier molecular flexibility index (Phi) is 6.54. The summed E-state index contributed by atoms with van der Waals surface area (Å²) in [7, 11) is -3.67. The number of rotatable bonds is 8. The SMILES string of the molecule is CCOc1nccc2c(S(=O)(=O)NC3CCN(CCc4coc5ccccc45)CC3)cccc12. The van der Waals surface area contributed by atoms with Crippen molar-refractivity contribution in [2.45, 2.75) is 37.1 Å². The van der Waals surface area contributed by atoms with Gasteiger partial charge in [0.15, 0.2) is 0 Å². The number of para-hydroxylation sites is 1. The highest BCUT2D eigenvalue weighted by molar-refractivity contribution is 7.89. The van der Waals surface area contributed by atoms with Crippen LogP contribution in [0, 0.1) is 0 Å². The van der Waals surface area contributed by atoms with Crippen molar-refractivity contribution < 1.29 is 17.6 Å². The van der Waals surface area contributed by atoms with E-state index >= 15 is 0 Å². The van der Waals surface area contributed by atoms with Gasteiger partial charge in [-0.15, -0.1) is 0 Å². The van der Waals surface area contributed by atoms with Gasteiger partial charge in [0.1, 0.15) is 5.58 Å². The minimum absolute atomic E-state index is 0.0838. The molecule has 1 aliphatic heterocycles. The smallest absolute Gasteiger partial charge is 0.241 e. The Balaban J connectivity index is 1.22. The Morgan fingerprint density at radius 1 is 1.06 bits per heavy atom. The summed E-state index contributed by atoms with van der Waals surface area (Å²) in [5, 5.41) is 2.50.